The Morgan fingerprint density at radius 3 is 1.81 bits per heavy atom. The SMILES string of the molecule is C=C(NOCCOc1ccc(Cc2sc(=O)n(C(c3ccccc3)(c3ccccc3)c3ccccc3)c2O)cc1)c1ccc(-c2ccccc2)cn1. The van der Waals surface area contributed by atoms with Gasteiger partial charge in [-0.25, -0.2) is 0 Å². The highest BCUT2D eigenvalue weighted by Crippen LogP contribution is 2.43. The molecule has 5 aromatic carbocycles. The lowest BCUT2D eigenvalue weighted by Gasteiger charge is -2.37. The van der Waals surface area contributed by atoms with E-state index in [4.69, 9.17) is 9.57 Å². The molecule has 2 N–H and O–H groups in total. The maximum atomic E-state index is 14.0. The lowest BCUT2D eigenvalue weighted by atomic mass is 9.76. The normalized spacial score (nSPS) is 11.2. The topological polar surface area (TPSA) is 85.6 Å². The number of hydrogen-bond acceptors (Lipinski definition) is 7. The summed E-state index contributed by atoms with van der Waals surface area (Å²) in [6.45, 7) is 4.62. The van der Waals surface area contributed by atoms with Crippen molar-refractivity contribution in [2.24, 2.45) is 0 Å². The highest BCUT2D eigenvalue weighted by atomic mass is 32.1. The molecular formula is C44H37N3O4S. The van der Waals surface area contributed by atoms with Gasteiger partial charge in [-0.2, -0.15) is 0 Å². The molecule has 0 amide bonds. The summed E-state index contributed by atoms with van der Waals surface area (Å²) in [4.78, 5) is 24.4. The van der Waals surface area contributed by atoms with Gasteiger partial charge >= 0.3 is 4.87 Å². The van der Waals surface area contributed by atoms with Gasteiger partial charge < -0.3 is 9.84 Å². The van der Waals surface area contributed by atoms with E-state index in [0.717, 1.165) is 44.7 Å². The van der Waals surface area contributed by atoms with E-state index in [9.17, 15) is 9.90 Å². The number of hydroxylamine groups is 1. The van der Waals surface area contributed by atoms with Crippen molar-refractivity contribution in [3.8, 4) is 22.8 Å². The first-order valence-corrected chi connectivity index (χ1v) is 17.8. The van der Waals surface area contributed by atoms with Crippen molar-refractivity contribution in [2.45, 2.75) is 12.0 Å². The predicted octanol–water partition coefficient (Wildman–Crippen LogP) is 8.68. The largest absolute Gasteiger partial charge is 0.494 e. The molecule has 7 aromatic rings. The Kier molecular flexibility index (Phi) is 10.4. The summed E-state index contributed by atoms with van der Waals surface area (Å²) in [5.41, 5.74) is 8.66. The van der Waals surface area contributed by atoms with E-state index < -0.39 is 5.54 Å². The Morgan fingerprint density at radius 2 is 1.27 bits per heavy atom. The van der Waals surface area contributed by atoms with Crippen LogP contribution >= 0.6 is 11.3 Å². The molecule has 0 aliphatic heterocycles. The molecule has 0 atom stereocenters. The fourth-order valence-electron chi connectivity index (χ4n) is 6.40. The molecule has 2 aromatic heterocycles. The minimum Gasteiger partial charge on any atom is -0.494 e. The lowest BCUT2D eigenvalue weighted by Crippen LogP contribution is -2.42. The molecule has 7 nitrogen and oxygen atoms in total. The zero-order valence-corrected chi connectivity index (χ0v) is 29.2. The van der Waals surface area contributed by atoms with Crippen LogP contribution in [0.3, 0.4) is 0 Å². The van der Waals surface area contributed by atoms with Gasteiger partial charge in [0.1, 0.15) is 24.5 Å². The molecule has 0 unspecified atom stereocenters. The summed E-state index contributed by atoms with van der Waals surface area (Å²) in [7, 11) is 0. The maximum absolute atomic E-state index is 14.0. The summed E-state index contributed by atoms with van der Waals surface area (Å²) in [6, 6.07) is 51.2. The zero-order chi connectivity index (χ0) is 35.8. The smallest absolute Gasteiger partial charge is 0.311 e. The summed E-state index contributed by atoms with van der Waals surface area (Å²) < 4.78 is 7.44. The van der Waals surface area contributed by atoms with Crippen molar-refractivity contribution in [3.05, 3.63) is 213 Å². The first kappa shape index (κ1) is 34.2. The fraction of sp³-hybridized carbons (Fsp3) is 0.0909. The van der Waals surface area contributed by atoms with Crippen LogP contribution in [0.25, 0.3) is 16.8 Å². The Bertz CT molecular complexity index is 2180. The average Bonchev–Trinajstić information content (AvgIpc) is 3.48. The third-order valence-corrected chi connectivity index (χ3v) is 9.81. The minimum atomic E-state index is -1.09. The number of benzene rings is 5. The quantitative estimate of drug-likeness (QED) is 0.0670. The van der Waals surface area contributed by atoms with E-state index in [2.05, 4.69) is 17.0 Å². The van der Waals surface area contributed by atoms with E-state index in [0.29, 0.717) is 35.0 Å². The van der Waals surface area contributed by atoms with Crippen LogP contribution in [-0.4, -0.2) is 27.9 Å². The second-order valence-corrected chi connectivity index (χ2v) is 13.2. The van der Waals surface area contributed by atoms with Crippen molar-refractivity contribution >= 4 is 17.0 Å². The van der Waals surface area contributed by atoms with Crippen LogP contribution in [0.5, 0.6) is 11.6 Å². The number of pyridine rings is 1. The molecule has 0 saturated heterocycles. The number of aromatic hydroxyl groups is 1. The van der Waals surface area contributed by atoms with Crippen molar-refractivity contribution in [3.63, 3.8) is 0 Å². The number of nitrogens with zero attached hydrogens (tertiary/aromatic N) is 2. The number of thiazole rings is 1. The molecule has 52 heavy (non-hydrogen) atoms. The first-order chi connectivity index (χ1) is 25.5. The van der Waals surface area contributed by atoms with Gasteiger partial charge in [-0.15, -0.1) is 0 Å². The van der Waals surface area contributed by atoms with Crippen LogP contribution in [0.2, 0.25) is 0 Å². The Morgan fingerprint density at radius 1 is 0.712 bits per heavy atom. The average molecular weight is 704 g/mol. The number of rotatable bonds is 14. The van der Waals surface area contributed by atoms with Crippen LogP contribution in [0.15, 0.2) is 175 Å². The molecule has 258 valence electrons. The summed E-state index contributed by atoms with van der Waals surface area (Å²) in [5, 5.41) is 11.9. The summed E-state index contributed by atoms with van der Waals surface area (Å²) in [6.07, 6.45) is 2.19. The third kappa shape index (κ3) is 7.16. The van der Waals surface area contributed by atoms with Gasteiger partial charge in [-0.05, 0) is 46.0 Å². The molecule has 8 heteroatoms. The number of nitrogens with one attached hydrogen (secondary N) is 1. The minimum absolute atomic E-state index is 0.0551. The molecule has 7 rings (SSSR count). The van der Waals surface area contributed by atoms with Crippen LogP contribution in [0.4, 0.5) is 0 Å². The van der Waals surface area contributed by atoms with E-state index in [-0.39, 0.29) is 17.4 Å². The molecule has 0 aliphatic carbocycles. The van der Waals surface area contributed by atoms with Crippen LogP contribution in [0.1, 0.15) is 32.8 Å². The number of ether oxygens (including phenoxy) is 1. The Labute approximate surface area is 306 Å². The van der Waals surface area contributed by atoms with E-state index in [1.807, 2.05) is 164 Å². The fourth-order valence-corrected chi connectivity index (χ4v) is 7.35. The van der Waals surface area contributed by atoms with Gasteiger partial charge in [0, 0.05) is 18.2 Å². The van der Waals surface area contributed by atoms with Crippen molar-refractivity contribution in [1.82, 2.24) is 15.0 Å². The molecule has 2 heterocycles. The molecule has 0 saturated carbocycles. The van der Waals surface area contributed by atoms with Gasteiger partial charge in [0.2, 0.25) is 5.88 Å². The van der Waals surface area contributed by atoms with Gasteiger partial charge in [0.15, 0.2) is 0 Å². The Hall–Kier alpha value is -6.22. The Balaban J connectivity index is 1.01. The predicted molar refractivity (Wildman–Crippen MR) is 207 cm³/mol. The van der Waals surface area contributed by atoms with Gasteiger partial charge in [-0.3, -0.25) is 24.7 Å². The summed E-state index contributed by atoms with van der Waals surface area (Å²) in [5.74, 6) is 0.621. The molecule has 0 fully saturated rings. The number of hydrogen-bond donors (Lipinski definition) is 2. The molecule has 0 aliphatic rings. The molecule has 0 radical (unpaired) electrons. The van der Waals surface area contributed by atoms with Crippen molar-refractivity contribution in [1.29, 1.82) is 0 Å². The summed E-state index contributed by atoms with van der Waals surface area (Å²) >= 11 is 1.06. The van der Waals surface area contributed by atoms with Crippen molar-refractivity contribution < 1.29 is 14.7 Å². The van der Waals surface area contributed by atoms with Crippen molar-refractivity contribution in [2.75, 3.05) is 13.2 Å². The molecule has 0 bridgehead atoms. The number of aromatic nitrogens is 2. The standard InChI is InChI=1S/C44H37N3O4S/c1-32(40-27-24-35(31-45-40)34-14-6-2-7-15-34)46-51-29-28-50-39-25-22-33(23-26-39)30-41-42(48)47(43(49)52-41)44(36-16-8-3-9-17-36,37-18-10-4-11-19-37)38-20-12-5-13-21-38/h2-27,31,46,48H,1,28-30H2. The highest BCUT2D eigenvalue weighted by Gasteiger charge is 2.42. The third-order valence-electron chi connectivity index (χ3n) is 8.88. The first-order valence-electron chi connectivity index (χ1n) is 16.9. The monoisotopic (exact) mass is 703 g/mol. The van der Waals surface area contributed by atoms with Gasteiger partial charge in [0.25, 0.3) is 0 Å². The second-order valence-electron chi connectivity index (χ2n) is 12.2. The zero-order valence-electron chi connectivity index (χ0n) is 28.4. The second kappa shape index (κ2) is 15.8. The van der Waals surface area contributed by atoms with Gasteiger partial charge in [-0.1, -0.05) is 157 Å². The molecular weight excluding hydrogens is 667 g/mol. The van der Waals surface area contributed by atoms with Gasteiger partial charge in [0.05, 0.1) is 16.3 Å². The van der Waals surface area contributed by atoms with E-state index in [1.54, 1.807) is 4.57 Å². The van der Waals surface area contributed by atoms with Crippen LogP contribution < -0.4 is 15.1 Å². The van der Waals surface area contributed by atoms with Crippen LogP contribution in [-0.2, 0) is 16.8 Å². The van der Waals surface area contributed by atoms with E-state index >= 15 is 0 Å². The molecule has 0 spiro atoms. The lowest BCUT2D eigenvalue weighted by molar-refractivity contribution is 0.0539. The maximum Gasteiger partial charge on any atom is 0.311 e. The van der Waals surface area contributed by atoms with Crippen LogP contribution in [0, 0.1) is 0 Å². The van der Waals surface area contributed by atoms with E-state index in [1.165, 1.54) is 0 Å². The highest BCUT2D eigenvalue weighted by molar-refractivity contribution is 7.09.